The Kier molecular flexibility index (Phi) is 4.27. The minimum atomic E-state index is -0.0124. The number of hydrogen-bond donors (Lipinski definition) is 1. The Labute approximate surface area is 166 Å². The highest BCUT2D eigenvalue weighted by Crippen LogP contribution is 2.39. The molecule has 1 saturated heterocycles. The van der Waals surface area contributed by atoms with E-state index in [1.165, 1.54) is 4.70 Å². The van der Waals surface area contributed by atoms with Gasteiger partial charge in [0.05, 0.1) is 20.9 Å². The molecule has 3 heterocycles. The number of para-hydroxylation sites is 1. The third-order valence-corrected chi connectivity index (χ3v) is 7.06. The summed E-state index contributed by atoms with van der Waals surface area (Å²) in [5.41, 5.74) is 2.72. The first-order valence-corrected chi connectivity index (χ1v) is 10.6. The molecule has 1 aromatic carbocycles. The summed E-state index contributed by atoms with van der Waals surface area (Å²) < 4.78 is 1.17. The summed E-state index contributed by atoms with van der Waals surface area (Å²) in [6.45, 7) is 3.27. The van der Waals surface area contributed by atoms with Gasteiger partial charge in [-0.05, 0) is 37.8 Å². The Morgan fingerprint density at radius 3 is 3.00 bits per heavy atom. The number of rotatable bonds is 3. The van der Waals surface area contributed by atoms with Crippen LogP contribution in [-0.4, -0.2) is 38.8 Å². The fourth-order valence-electron chi connectivity index (χ4n) is 4.59. The highest BCUT2D eigenvalue weighted by Gasteiger charge is 2.41. The van der Waals surface area contributed by atoms with Crippen LogP contribution >= 0.6 is 11.3 Å². The summed E-state index contributed by atoms with van der Waals surface area (Å²) >= 11 is 1.67. The van der Waals surface area contributed by atoms with Gasteiger partial charge in [0.1, 0.15) is 5.82 Å². The molecule has 0 saturated carbocycles. The quantitative estimate of drug-likeness (QED) is 0.741. The Hall–Kier alpha value is -2.54. The maximum atomic E-state index is 12.8. The van der Waals surface area contributed by atoms with E-state index in [0.717, 1.165) is 41.2 Å². The number of carbonyl (C=O) groups is 1. The zero-order valence-corrected chi connectivity index (χ0v) is 16.6. The van der Waals surface area contributed by atoms with Gasteiger partial charge in [0.15, 0.2) is 0 Å². The third-order valence-electron chi connectivity index (χ3n) is 5.97. The van der Waals surface area contributed by atoms with Gasteiger partial charge >= 0.3 is 0 Å². The van der Waals surface area contributed by atoms with Crippen molar-refractivity contribution < 1.29 is 4.79 Å². The van der Waals surface area contributed by atoms with Crippen molar-refractivity contribution in [2.75, 3.05) is 13.1 Å². The monoisotopic (exact) mass is 394 g/mol. The smallest absolute Gasteiger partial charge is 0.254 e. The summed E-state index contributed by atoms with van der Waals surface area (Å²) in [6.07, 6.45) is 2.87. The van der Waals surface area contributed by atoms with Gasteiger partial charge in [-0.1, -0.05) is 12.1 Å². The van der Waals surface area contributed by atoms with Gasteiger partial charge in [-0.25, -0.2) is 9.97 Å². The first kappa shape index (κ1) is 17.6. The maximum Gasteiger partial charge on any atom is 0.254 e. The minimum Gasteiger partial charge on any atom is -0.342 e. The Bertz CT molecular complexity index is 1090. The molecule has 1 N–H and O–H groups in total. The first-order chi connectivity index (χ1) is 13.6. The van der Waals surface area contributed by atoms with Crippen LogP contribution < -0.4 is 5.56 Å². The van der Waals surface area contributed by atoms with E-state index in [1.807, 2.05) is 30.0 Å². The van der Waals surface area contributed by atoms with E-state index in [0.29, 0.717) is 31.1 Å². The highest BCUT2D eigenvalue weighted by atomic mass is 32.1. The van der Waals surface area contributed by atoms with Crippen LogP contribution in [0.15, 0.2) is 29.1 Å². The van der Waals surface area contributed by atoms with E-state index in [9.17, 15) is 9.59 Å². The van der Waals surface area contributed by atoms with E-state index in [4.69, 9.17) is 0 Å². The number of benzene rings is 1. The molecule has 0 spiro atoms. The molecular weight excluding hydrogens is 372 g/mol. The van der Waals surface area contributed by atoms with Gasteiger partial charge in [-0.3, -0.25) is 9.59 Å². The van der Waals surface area contributed by atoms with Crippen LogP contribution in [0.25, 0.3) is 10.2 Å². The van der Waals surface area contributed by atoms with E-state index in [2.05, 4.69) is 21.0 Å². The highest BCUT2D eigenvalue weighted by molar-refractivity contribution is 7.18. The Morgan fingerprint density at radius 1 is 1.29 bits per heavy atom. The number of likely N-dealkylation sites (tertiary alicyclic amines) is 1. The zero-order valence-electron chi connectivity index (χ0n) is 15.8. The molecule has 0 unspecified atom stereocenters. The second-order valence-electron chi connectivity index (χ2n) is 7.79. The number of hydrogen-bond acceptors (Lipinski definition) is 5. The van der Waals surface area contributed by atoms with Crippen LogP contribution in [0, 0.1) is 12.8 Å². The Balaban J connectivity index is 1.29. The molecule has 5 rings (SSSR count). The van der Waals surface area contributed by atoms with E-state index in [1.54, 1.807) is 11.3 Å². The van der Waals surface area contributed by atoms with E-state index < -0.39 is 0 Å². The number of amides is 1. The number of thiazole rings is 1. The predicted molar refractivity (Wildman–Crippen MR) is 109 cm³/mol. The maximum absolute atomic E-state index is 12.8. The lowest BCUT2D eigenvalue weighted by Gasteiger charge is -2.25. The lowest BCUT2D eigenvalue weighted by atomic mass is 9.80. The largest absolute Gasteiger partial charge is 0.342 e. The topological polar surface area (TPSA) is 79.0 Å². The molecule has 2 aliphatic rings. The van der Waals surface area contributed by atoms with Crippen LogP contribution in [0.3, 0.4) is 0 Å². The first-order valence-electron chi connectivity index (χ1n) is 9.80. The second-order valence-corrected chi connectivity index (χ2v) is 8.91. The van der Waals surface area contributed by atoms with Crippen LogP contribution in [0.2, 0.25) is 0 Å². The molecule has 1 fully saturated rings. The van der Waals surface area contributed by atoms with Crippen molar-refractivity contribution in [1.29, 1.82) is 0 Å². The molecule has 144 valence electrons. The number of nitrogens with zero attached hydrogens (tertiary/aromatic N) is 3. The standard InChI is InChI=1S/C21H22N4O2S/c1-12-22-20-14(21(27)23-12)7-6-13-10-25(11-15(13)20)19(26)9-8-18-24-16-4-2-3-5-17(16)28-18/h2-5,13,15H,6-11H2,1H3,(H,22,23,27)/t13-,15+/m1/s1. The molecule has 28 heavy (non-hydrogen) atoms. The molecule has 0 bridgehead atoms. The van der Waals surface area contributed by atoms with Crippen LogP contribution in [0.1, 0.15) is 40.8 Å². The molecule has 1 aliphatic carbocycles. The number of fused-ring (bicyclic) bond motifs is 4. The summed E-state index contributed by atoms with van der Waals surface area (Å²) in [5, 5.41) is 1.01. The molecule has 1 amide bonds. The lowest BCUT2D eigenvalue weighted by molar-refractivity contribution is -0.130. The molecular formula is C21H22N4O2S. The summed E-state index contributed by atoms with van der Waals surface area (Å²) in [7, 11) is 0. The molecule has 6 nitrogen and oxygen atoms in total. The van der Waals surface area contributed by atoms with Crippen molar-refractivity contribution >= 4 is 27.5 Å². The van der Waals surface area contributed by atoms with Gasteiger partial charge in [-0.15, -0.1) is 11.3 Å². The van der Waals surface area contributed by atoms with Crippen molar-refractivity contribution in [3.05, 3.63) is 56.7 Å². The SMILES string of the molecule is Cc1nc2c(c(=O)[nH]1)CC[C@@H]1CN(C(=O)CCc3nc4ccccc4s3)C[C@H]21. The van der Waals surface area contributed by atoms with Crippen LogP contribution in [-0.2, 0) is 17.6 Å². The van der Waals surface area contributed by atoms with Crippen LogP contribution in [0.4, 0.5) is 0 Å². The average molecular weight is 395 g/mol. The molecule has 2 atom stereocenters. The minimum absolute atomic E-state index is 0.0124. The molecule has 0 radical (unpaired) electrons. The van der Waals surface area contributed by atoms with Crippen molar-refractivity contribution in [3.63, 3.8) is 0 Å². The fraction of sp³-hybridized carbons (Fsp3) is 0.429. The third kappa shape index (κ3) is 3.03. The number of H-pyrrole nitrogens is 1. The van der Waals surface area contributed by atoms with Crippen LogP contribution in [0.5, 0.6) is 0 Å². The summed E-state index contributed by atoms with van der Waals surface area (Å²) in [5.74, 6) is 1.44. The number of aromatic amines is 1. The van der Waals surface area contributed by atoms with Crippen molar-refractivity contribution in [1.82, 2.24) is 19.9 Å². The summed E-state index contributed by atoms with van der Waals surface area (Å²) in [6, 6.07) is 8.08. The van der Waals surface area contributed by atoms with Gasteiger partial charge in [0, 0.05) is 37.4 Å². The average Bonchev–Trinajstić information content (AvgIpc) is 3.29. The van der Waals surface area contributed by atoms with Gasteiger partial charge in [0.25, 0.3) is 5.56 Å². The van der Waals surface area contributed by atoms with E-state index in [-0.39, 0.29) is 17.4 Å². The number of nitrogens with one attached hydrogen (secondary N) is 1. The zero-order chi connectivity index (χ0) is 19.3. The molecule has 3 aromatic rings. The molecule has 2 aromatic heterocycles. The number of aromatic nitrogens is 3. The number of aryl methyl sites for hydroxylation is 2. The van der Waals surface area contributed by atoms with Gasteiger partial charge in [-0.2, -0.15) is 0 Å². The molecule has 1 aliphatic heterocycles. The molecule has 7 heteroatoms. The van der Waals surface area contributed by atoms with E-state index >= 15 is 0 Å². The van der Waals surface area contributed by atoms with Gasteiger partial charge < -0.3 is 9.88 Å². The van der Waals surface area contributed by atoms with Crippen molar-refractivity contribution in [2.45, 2.75) is 38.5 Å². The summed E-state index contributed by atoms with van der Waals surface area (Å²) in [4.78, 5) is 39.1. The second kappa shape index (κ2) is 6.81. The normalized spacial score (nSPS) is 21.0. The number of carbonyl (C=O) groups excluding carboxylic acids is 1. The van der Waals surface area contributed by atoms with Crippen molar-refractivity contribution in [3.8, 4) is 0 Å². The predicted octanol–water partition coefficient (Wildman–Crippen LogP) is 2.81. The lowest BCUT2D eigenvalue weighted by Crippen LogP contribution is -2.29. The fourth-order valence-corrected chi connectivity index (χ4v) is 5.55. The Morgan fingerprint density at radius 2 is 2.14 bits per heavy atom. The van der Waals surface area contributed by atoms with Gasteiger partial charge in [0.2, 0.25) is 5.91 Å². The van der Waals surface area contributed by atoms with Crippen molar-refractivity contribution in [2.24, 2.45) is 5.92 Å².